The van der Waals surface area contributed by atoms with Crippen LogP contribution in [-0.2, 0) is 6.18 Å². The molecule has 0 unspecified atom stereocenters. The Balaban J connectivity index is 1.99. The Morgan fingerprint density at radius 2 is 2.25 bits per heavy atom. The number of amides is 1. The van der Waals surface area contributed by atoms with E-state index in [2.05, 4.69) is 10.3 Å². The van der Waals surface area contributed by atoms with Gasteiger partial charge < -0.3 is 15.0 Å². The molecule has 1 aromatic heterocycles. The van der Waals surface area contributed by atoms with E-state index in [-0.39, 0.29) is 30.0 Å². The number of ether oxygens (including phenoxy) is 1. The number of hydrogen-bond acceptors (Lipinski definition) is 4. The molecule has 1 saturated heterocycles. The maximum Gasteiger partial charge on any atom is 0.418 e. The number of hydrogen-bond donors (Lipinski definition) is 1. The molecule has 1 atom stereocenters. The lowest BCUT2D eigenvalue weighted by Gasteiger charge is -2.33. The van der Waals surface area contributed by atoms with Crippen LogP contribution in [0.3, 0.4) is 0 Å². The molecular formula is C12H12F3N3O2. The van der Waals surface area contributed by atoms with Crippen molar-refractivity contribution in [3.63, 3.8) is 0 Å². The molecule has 108 valence electrons. The maximum atomic E-state index is 12.7. The highest BCUT2D eigenvalue weighted by Gasteiger charge is 2.37. The Kier molecular flexibility index (Phi) is 3.04. The Morgan fingerprint density at radius 3 is 3.00 bits per heavy atom. The summed E-state index contributed by atoms with van der Waals surface area (Å²) in [7, 11) is 0. The number of nitrogens with zero attached hydrogens (tertiary/aromatic N) is 2. The van der Waals surface area contributed by atoms with Crippen LogP contribution >= 0.6 is 0 Å². The predicted molar refractivity (Wildman–Crippen MR) is 62.4 cm³/mol. The zero-order chi connectivity index (χ0) is 14.3. The SMILES string of the molecule is O=C1c2ncc(C(F)(F)F)cc2OC[C@@H]2CNCCN12. The maximum absolute atomic E-state index is 12.7. The van der Waals surface area contributed by atoms with E-state index in [1.54, 1.807) is 4.90 Å². The van der Waals surface area contributed by atoms with Gasteiger partial charge in [-0.1, -0.05) is 0 Å². The fourth-order valence-corrected chi connectivity index (χ4v) is 2.37. The zero-order valence-corrected chi connectivity index (χ0v) is 10.4. The van der Waals surface area contributed by atoms with Crippen molar-refractivity contribution in [2.24, 2.45) is 0 Å². The number of fused-ring (bicyclic) bond motifs is 2. The number of pyridine rings is 1. The van der Waals surface area contributed by atoms with Crippen LogP contribution in [0.4, 0.5) is 13.2 Å². The highest BCUT2D eigenvalue weighted by Crippen LogP contribution is 2.33. The average Bonchev–Trinajstić information content (AvgIpc) is 2.56. The van der Waals surface area contributed by atoms with Gasteiger partial charge in [-0.2, -0.15) is 13.2 Å². The van der Waals surface area contributed by atoms with Crippen LogP contribution in [0, 0.1) is 0 Å². The van der Waals surface area contributed by atoms with Crippen molar-refractivity contribution in [3.05, 3.63) is 23.5 Å². The van der Waals surface area contributed by atoms with Gasteiger partial charge in [-0.15, -0.1) is 0 Å². The van der Waals surface area contributed by atoms with Crippen molar-refractivity contribution in [3.8, 4) is 5.75 Å². The van der Waals surface area contributed by atoms with E-state index < -0.39 is 11.7 Å². The van der Waals surface area contributed by atoms with Gasteiger partial charge in [-0.25, -0.2) is 4.98 Å². The summed E-state index contributed by atoms with van der Waals surface area (Å²) in [5.74, 6) is -0.475. The molecule has 1 amide bonds. The quantitative estimate of drug-likeness (QED) is 0.770. The molecule has 0 radical (unpaired) electrons. The Bertz CT molecular complexity index is 547. The van der Waals surface area contributed by atoms with Gasteiger partial charge in [0.25, 0.3) is 5.91 Å². The molecule has 3 heterocycles. The first-order chi connectivity index (χ1) is 9.47. The number of piperazine rings is 1. The van der Waals surface area contributed by atoms with E-state index in [9.17, 15) is 18.0 Å². The zero-order valence-electron chi connectivity index (χ0n) is 10.4. The lowest BCUT2D eigenvalue weighted by molar-refractivity contribution is -0.138. The molecule has 20 heavy (non-hydrogen) atoms. The topological polar surface area (TPSA) is 54.5 Å². The third-order valence-electron chi connectivity index (χ3n) is 3.42. The van der Waals surface area contributed by atoms with Gasteiger partial charge in [0.05, 0.1) is 11.6 Å². The van der Waals surface area contributed by atoms with Gasteiger partial charge in [0.15, 0.2) is 11.4 Å². The largest absolute Gasteiger partial charge is 0.489 e. The van der Waals surface area contributed by atoms with Crippen LogP contribution in [0.1, 0.15) is 16.1 Å². The lowest BCUT2D eigenvalue weighted by Crippen LogP contribution is -2.54. The number of carbonyl (C=O) groups excluding carboxylic acids is 1. The molecule has 1 aromatic rings. The van der Waals surface area contributed by atoms with Crippen LogP contribution in [0.5, 0.6) is 5.75 Å². The summed E-state index contributed by atoms with van der Waals surface area (Å²) in [4.78, 5) is 17.6. The summed E-state index contributed by atoms with van der Waals surface area (Å²) in [6.07, 6.45) is -3.84. The standard InChI is InChI=1S/C12H12F3N3O2/c13-12(14,15)7-3-9-10(17-4-7)11(19)18-2-1-16-5-8(18)6-20-9/h3-4,8,16H,1-2,5-6H2/t8-/m0/s1. The minimum absolute atomic E-state index is 0.0533. The molecule has 0 aromatic carbocycles. The molecule has 0 bridgehead atoms. The highest BCUT2D eigenvalue weighted by atomic mass is 19.4. The lowest BCUT2D eigenvalue weighted by atomic mass is 10.2. The van der Waals surface area contributed by atoms with E-state index in [0.717, 1.165) is 6.07 Å². The summed E-state index contributed by atoms with van der Waals surface area (Å²) in [5, 5.41) is 3.12. The third-order valence-corrected chi connectivity index (χ3v) is 3.42. The second kappa shape index (κ2) is 4.62. The first-order valence-electron chi connectivity index (χ1n) is 6.18. The Morgan fingerprint density at radius 1 is 1.45 bits per heavy atom. The third kappa shape index (κ3) is 2.20. The van der Waals surface area contributed by atoms with Crippen molar-refractivity contribution in [2.75, 3.05) is 26.2 Å². The van der Waals surface area contributed by atoms with Crippen LogP contribution in [0.2, 0.25) is 0 Å². The Hall–Kier alpha value is -1.83. The van der Waals surface area contributed by atoms with Gasteiger partial charge >= 0.3 is 6.18 Å². The molecule has 1 fully saturated rings. The van der Waals surface area contributed by atoms with Gasteiger partial charge in [0.1, 0.15) is 6.61 Å². The molecular weight excluding hydrogens is 275 g/mol. The molecule has 3 rings (SSSR count). The van der Waals surface area contributed by atoms with Crippen molar-refractivity contribution < 1.29 is 22.7 Å². The molecule has 5 nitrogen and oxygen atoms in total. The molecule has 2 aliphatic heterocycles. The molecule has 8 heteroatoms. The molecule has 0 saturated carbocycles. The van der Waals surface area contributed by atoms with Crippen LogP contribution in [0.15, 0.2) is 12.3 Å². The summed E-state index contributed by atoms with van der Waals surface area (Å²) in [5.41, 5.74) is -0.968. The minimum Gasteiger partial charge on any atom is -0.489 e. The van der Waals surface area contributed by atoms with Gasteiger partial charge in [0.2, 0.25) is 0 Å². The first-order valence-corrected chi connectivity index (χ1v) is 6.18. The Labute approximate surface area is 112 Å². The predicted octanol–water partition coefficient (Wildman–Crippen LogP) is 0.907. The van der Waals surface area contributed by atoms with E-state index >= 15 is 0 Å². The number of carbonyl (C=O) groups is 1. The van der Waals surface area contributed by atoms with E-state index in [0.29, 0.717) is 25.8 Å². The van der Waals surface area contributed by atoms with Crippen LogP contribution < -0.4 is 10.1 Å². The summed E-state index contributed by atoms with van der Waals surface area (Å²) in [6, 6.07) is 0.659. The number of alkyl halides is 3. The van der Waals surface area contributed by atoms with E-state index in [1.807, 2.05) is 0 Å². The number of rotatable bonds is 0. The van der Waals surface area contributed by atoms with Crippen molar-refractivity contribution in [2.45, 2.75) is 12.2 Å². The summed E-state index contributed by atoms with van der Waals surface area (Å²) in [6.45, 7) is 1.87. The van der Waals surface area contributed by atoms with E-state index in [4.69, 9.17) is 4.74 Å². The average molecular weight is 287 g/mol. The smallest absolute Gasteiger partial charge is 0.418 e. The first kappa shape index (κ1) is 13.2. The van der Waals surface area contributed by atoms with E-state index in [1.165, 1.54) is 0 Å². The van der Waals surface area contributed by atoms with Gasteiger partial charge in [-0.05, 0) is 6.07 Å². The van der Waals surface area contributed by atoms with Crippen molar-refractivity contribution >= 4 is 5.91 Å². The van der Waals surface area contributed by atoms with Gasteiger partial charge in [0, 0.05) is 25.8 Å². The normalized spacial score (nSPS) is 22.6. The fourth-order valence-electron chi connectivity index (χ4n) is 2.37. The number of nitrogens with one attached hydrogen (secondary N) is 1. The molecule has 1 N–H and O–H groups in total. The minimum atomic E-state index is -4.50. The number of aromatic nitrogens is 1. The van der Waals surface area contributed by atoms with Crippen molar-refractivity contribution in [1.29, 1.82) is 0 Å². The fraction of sp³-hybridized carbons (Fsp3) is 0.500. The molecule has 0 spiro atoms. The van der Waals surface area contributed by atoms with Crippen LogP contribution in [0.25, 0.3) is 0 Å². The second-order valence-electron chi connectivity index (χ2n) is 4.74. The molecule has 0 aliphatic carbocycles. The second-order valence-corrected chi connectivity index (χ2v) is 4.74. The van der Waals surface area contributed by atoms with Crippen molar-refractivity contribution in [1.82, 2.24) is 15.2 Å². The summed E-state index contributed by atoms with van der Waals surface area (Å²) >= 11 is 0. The monoisotopic (exact) mass is 287 g/mol. The highest BCUT2D eigenvalue weighted by molar-refractivity contribution is 5.95. The number of halogens is 3. The molecule has 2 aliphatic rings. The summed E-state index contributed by atoms with van der Waals surface area (Å²) < 4.78 is 43.3. The van der Waals surface area contributed by atoms with Crippen LogP contribution in [-0.4, -0.2) is 48.1 Å². The van der Waals surface area contributed by atoms with Gasteiger partial charge in [-0.3, -0.25) is 4.79 Å².